The van der Waals surface area contributed by atoms with Crippen LogP contribution >= 0.6 is 0 Å². The third kappa shape index (κ3) is 5.34. The van der Waals surface area contributed by atoms with Crippen molar-refractivity contribution < 1.29 is 28.3 Å². The lowest BCUT2D eigenvalue weighted by Gasteiger charge is -2.21. The first kappa shape index (κ1) is 24.1. The van der Waals surface area contributed by atoms with Crippen LogP contribution < -0.4 is 9.47 Å². The minimum Gasteiger partial charge on any atom is -0.485 e. The van der Waals surface area contributed by atoms with E-state index < -0.39 is 24.6 Å². The van der Waals surface area contributed by atoms with Crippen molar-refractivity contribution in [1.29, 1.82) is 0 Å². The molecule has 0 bridgehead atoms. The van der Waals surface area contributed by atoms with Crippen LogP contribution in [0.2, 0.25) is 0 Å². The Hall–Kier alpha value is -4.56. The maximum Gasteiger partial charge on any atom is 0.285 e. The summed E-state index contributed by atoms with van der Waals surface area (Å²) in [7, 11) is 0. The Morgan fingerprint density at radius 3 is 1.78 bits per heavy atom. The number of alkyl halides is 1. The number of carbonyl (C=O) groups is 2. The lowest BCUT2D eigenvalue weighted by Crippen LogP contribution is -2.32. The van der Waals surface area contributed by atoms with E-state index in [-0.39, 0.29) is 30.0 Å². The second-order valence-corrected chi connectivity index (χ2v) is 8.30. The van der Waals surface area contributed by atoms with E-state index in [2.05, 4.69) is 4.98 Å². The Balaban J connectivity index is 1.38. The number of hydrogen-bond acceptors (Lipinski definition) is 6. The maximum absolute atomic E-state index is 14.1. The first-order valence-corrected chi connectivity index (χ1v) is 11.7. The van der Waals surface area contributed by atoms with Gasteiger partial charge in [0.1, 0.15) is 19.9 Å². The summed E-state index contributed by atoms with van der Waals surface area (Å²) in [6.45, 7) is -0.504. The Morgan fingerprint density at radius 1 is 0.730 bits per heavy atom. The summed E-state index contributed by atoms with van der Waals surface area (Å²) >= 11 is 0. The number of hydrogen-bond donors (Lipinski definition) is 0. The van der Waals surface area contributed by atoms with E-state index in [0.717, 1.165) is 11.1 Å². The highest BCUT2D eigenvalue weighted by atomic mass is 19.1. The number of pyridine rings is 1. The Labute approximate surface area is 213 Å². The van der Waals surface area contributed by atoms with Gasteiger partial charge in [-0.05, 0) is 23.3 Å². The minimum atomic E-state index is -1.32. The predicted octanol–water partition coefficient (Wildman–Crippen LogP) is 5.48. The van der Waals surface area contributed by atoms with Gasteiger partial charge < -0.3 is 9.47 Å². The van der Waals surface area contributed by atoms with Gasteiger partial charge in [0.05, 0.1) is 23.0 Å². The van der Waals surface area contributed by atoms with E-state index in [0.29, 0.717) is 16.6 Å². The summed E-state index contributed by atoms with van der Waals surface area (Å²) in [5.41, 5.74) is 2.44. The zero-order valence-electron chi connectivity index (χ0n) is 19.7. The average molecular weight is 499 g/mol. The van der Waals surface area contributed by atoms with Crippen molar-refractivity contribution in [2.24, 2.45) is 0 Å². The van der Waals surface area contributed by atoms with E-state index in [1.165, 1.54) is 24.4 Å². The number of ether oxygens (including phenoxy) is 2. The first-order valence-electron chi connectivity index (χ1n) is 11.7. The molecule has 186 valence electrons. The number of fused-ring (bicyclic) bond motifs is 1. The molecule has 0 radical (unpaired) electrons. The monoisotopic (exact) mass is 498 g/mol. The highest BCUT2D eigenvalue weighted by Crippen LogP contribution is 2.33. The number of aromatic nitrogens is 1. The fourth-order valence-corrected chi connectivity index (χ4v) is 3.86. The van der Waals surface area contributed by atoms with Crippen molar-refractivity contribution in [1.82, 2.24) is 10.0 Å². The minimum absolute atomic E-state index is 0.147. The van der Waals surface area contributed by atoms with Gasteiger partial charge in [-0.2, -0.15) is 0 Å². The van der Waals surface area contributed by atoms with E-state index >= 15 is 0 Å². The molecule has 1 unspecified atom stereocenters. The SMILES string of the molecule is O=C1c2ccccc2C(=O)N1OC(CF)c1cc(OCc2ccccc2)c(OCc2ccccc2)cn1. The van der Waals surface area contributed by atoms with Crippen LogP contribution in [0.25, 0.3) is 0 Å². The van der Waals surface area contributed by atoms with Crippen LogP contribution in [0.15, 0.2) is 97.2 Å². The van der Waals surface area contributed by atoms with E-state index in [4.69, 9.17) is 14.3 Å². The van der Waals surface area contributed by atoms with Crippen molar-refractivity contribution in [3.8, 4) is 11.5 Å². The molecule has 0 fully saturated rings. The van der Waals surface area contributed by atoms with Crippen molar-refractivity contribution in [2.75, 3.05) is 6.67 Å². The summed E-state index contributed by atoms with van der Waals surface area (Å²) in [6, 6.07) is 27.0. The van der Waals surface area contributed by atoms with Crippen LogP contribution in [0.3, 0.4) is 0 Å². The lowest BCUT2D eigenvalue weighted by atomic mass is 10.1. The number of carbonyl (C=O) groups excluding carboxylic acids is 2. The fourth-order valence-electron chi connectivity index (χ4n) is 3.86. The Kier molecular flexibility index (Phi) is 7.19. The number of rotatable bonds is 10. The molecule has 1 aromatic heterocycles. The average Bonchev–Trinajstić information content (AvgIpc) is 3.19. The lowest BCUT2D eigenvalue weighted by molar-refractivity contribution is -0.140. The van der Waals surface area contributed by atoms with E-state index in [1.807, 2.05) is 60.7 Å². The number of imide groups is 1. The Morgan fingerprint density at radius 2 is 1.24 bits per heavy atom. The van der Waals surface area contributed by atoms with Crippen LogP contribution in [0.1, 0.15) is 43.6 Å². The molecule has 8 heteroatoms. The van der Waals surface area contributed by atoms with Crippen LogP contribution in [-0.4, -0.2) is 28.5 Å². The van der Waals surface area contributed by atoms with E-state index in [9.17, 15) is 14.0 Å². The number of amides is 2. The van der Waals surface area contributed by atoms with Gasteiger partial charge in [-0.25, -0.2) is 4.39 Å². The standard InChI is InChI=1S/C29H23FN2O5/c30-16-26(37-32-28(33)22-13-7-8-14-23(22)29(32)34)24-15-25(35-18-20-9-3-1-4-10-20)27(17-31-24)36-19-21-11-5-2-6-12-21/h1-15,17,26H,16,18-19H2. The van der Waals surface area contributed by atoms with Crippen LogP contribution in [0.5, 0.6) is 11.5 Å². The summed E-state index contributed by atoms with van der Waals surface area (Å²) in [4.78, 5) is 35.2. The molecule has 0 saturated heterocycles. The first-order chi connectivity index (χ1) is 18.1. The highest BCUT2D eigenvalue weighted by Gasteiger charge is 2.38. The normalized spacial score (nSPS) is 13.4. The second-order valence-electron chi connectivity index (χ2n) is 8.30. The zero-order valence-corrected chi connectivity index (χ0v) is 19.7. The molecular formula is C29H23FN2O5. The van der Waals surface area contributed by atoms with Crippen molar-refractivity contribution in [2.45, 2.75) is 19.3 Å². The van der Waals surface area contributed by atoms with Gasteiger partial charge >= 0.3 is 0 Å². The third-order valence-corrected chi connectivity index (χ3v) is 5.79. The van der Waals surface area contributed by atoms with Gasteiger partial charge in [0, 0.05) is 6.07 Å². The fraction of sp³-hybridized carbons (Fsp3) is 0.138. The van der Waals surface area contributed by atoms with Gasteiger partial charge in [0.15, 0.2) is 17.6 Å². The van der Waals surface area contributed by atoms with Gasteiger partial charge in [-0.1, -0.05) is 72.8 Å². The highest BCUT2D eigenvalue weighted by molar-refractivity contribution is 6.20. The van der Waals surface area contributed by atoms with Crippen LogP contribution in [0, 0.1) is 0 Å². The van der Waals surface area contributed by atoms with Crippen LogP contribution in [0.4, 0.5) is 4.39 Å². The van der Waals surface area contributed by atoms with Gasteiger partial charge in [-0.15, -0.1) is 5.06 Å². The number of benzene rings is 3. The molecule has 0 saturated carbocycles. The molecule has 1 atom stereocenters. The predicted molar refractivity (Wildman–Crippen MR) is 133 cm³/mol. The van der Waals surface area contributed by atoms with Gasteiger partial charge in [-0.3, -0.25) is 19.4 Å². The largest absolute Gasteiger partial charge is 0.485 e. The van der Waals surface area contributed by atoms with E-state index in [1.54, 1.807) is 12.1 Å². The summed E-state index contributed by atoms with van der Waals surface area (Å²) in [5, 5.41) is 0.584. The summed E-state index contributed by atoms with van der Waals surface area (Å²) in [6.07, 6.45) is 0.108. The summed E-state index contributed by atoms with van der Waals surface area (Å²) in [5.74, 6) is -0.610. The summed E-state index contributed by atoms with van der Waals surface area (Å²) < 4.78 is 26.1. The smallest absolute Gasteiger partial charge is 0.285 e. The van der Waals surface area contributed by atoms with Gasteiger partial charge in [0.2, 0.25) is 0 Å². The molecule has 2 amide bonds. The molecule has 37 heavy (non-hydrogen) atoms. The molecule has 0 N–H and O–H groups in total. The third-order valence-electron chi connectivity index (χ3n) is 5.79. The van der Waals surface area contributed by atoms with Crippen molar-refractivity contribution in [3.63, 3.8) is 0 Å². The van der Waals surface area contributed by atoms with Gasteiger partial charge in [0.25, 0.3) is 11.8 Å². The molecule has 7 nitrogen and oxygen atoms in total. The molecule has 2 heterocycles. The van der Waals surface area contributed by atoms with Crippen LogP contribution in [-0.2, 0) is 18.1 Å². The maximum atomic E-state index is 14.1. The zero-order chi connectivity index (χ0) is 25.6. The molecule has 0 aliphatic carbocycles. The second kappa shape index (κ2) is 11.0. The molecular weight excluding hydrogens is 475 g/mol. The molecule has 5 rings (SSSR count). The quantitative estimate of drug-likeness (QED) is 0.270. The molecule has 4 aromatic rings. The molecule has 3 aromatic carbocycles. The Bertz CT molecular complexity index is 1360. The topological polar surface area (TPSA) is 78.0 Å². The molecule has 1 aliphatic rings. The van der Waals surface area contributed by atoms with Crippen molar-refractivity contribution in [3.05, 3.63) is 125 Å². The molecule has 0 spiro atoms. The molecule has 1 aliphatic heterocycles. The number of halogens is 1. The number of nitrogens with zero attached hydrogens (tertiary/aromatic N) is 2. The van der Waals surface area contributed by atoms with Crippen molar-refractivity contribution >= 4 is 11.8 Å². The number of hydroxylamine groups is 2.